The number of nitrogens with one attached hydrogen (secondary N) is 1. The van der Waals surface area contributed by atoms with Gasteiger partial charge in [0.2, 0.25) is 0 Å². The van der Waals surface area contributed by atoms with Crippen LogP contribution in [-0.2, 0) is 10.0 Å². The predicted molar refractivity (Wildman–Crippen MR) is 87.0 cm³/mol. The van der Waals surface area contributed by atoms with Gasteiger partial charge in [0, 0.05) is 19.1 Å². The quantitative estimate of drug-likeness (QED) is 0.843. The second-order valence-corrected chi connectivity index (χ2v) is 9.97. The fraction of sp³-hybridized carbons (Fsp3) is 0.667. The molecule has 0 aliphatic carbocycles. The van der Waals surface area contributed by atoms with Gasteiger partial charge in [-0.05, 0) is 54.7 Å². The first-order valence-corrected chi connectivity index (χ1v) is 9.91. The van der Waals surface area contributed by atoms with E-state index in [4.69, 9.17) is 11.6 Å². The van der Waals surface area contributed by atoms with Gasteiger partial charge in [-0.1, -0.05) is 11.6 Å². The SMILES string of the molecule is CNC(C)C1CCCN(S(=O)(=O)c2cc(Cl)c(Br)s2)C1. The molecule has 1 aromatic rings. The van der Waals surface area contributed by atoms with E-state index in [2.05, 4.69) is 28.2 Å². The topological polar surface area (TPSA) is 49.4 Å². The molecule has 2 rings (SSSR count). The number of sulfonamides is 1. The van der Waals surface area contributed by atoms with Crippen LogP contribution >= 0.6 is 38.9 Å². The lowest BCUT2D eigenvalue weighted by Gasteiger charge is -2.34. The van der Waals surface area contributed by atoms with Crippen molar-refractivity contribution in [2.75, 3.05) is 20.1 Å². The molecule has 2 unspecified atom stereocenters. The van der Waals surface area contributed by atoms with Crippen molar-refractivity contribution >= 4 is 48.9 Å². The van der Waals surface area contributed by atoms with Crippen molar-refractivity contribution in [3.05, 3.63) is 14.9 Å². The van der Waals surface area contributed by atoms with Gasteiger partial charge in [0.1, 0.15) is 4.21 Å². The van der Waals surface area contributed by atoms with Gasteiger partial charge < -0.3 is 5.32 Å². The minimum atomic E-state index is -3.43. The van der Waals surface area contributed by atoms with Crippen molar-refractivity contribution in [2.24, 2.45) is 5.92 Å². The molecule has 2 heterocycles. The molecule has 20 heavy (non-hydrogen) atoms. The molecule has 114 valence electrons. The Morgan fingerprint density at radius 3 is 2.85 bits per heavy atom. The van der Waals surface area contributed by atoms with Gasteiger partial charge >= 0.3 is 0 Å². The summed E-state index contributed by atoms with van der Waals surface area (Å²) >= 11 is 10.4. The third-order valence-electron chi connectivity index (χ3n) is 3.80. The normalized spacial score (nSPS) is 22.9. The van der Waals surface area contributed by atoms with Gasteiger partial charge in [-0.25, -0.2) is 8.42 Å². The van der Waals surface area contributed by atoms with E-state index in [0.717, 1.165) is 12.8 Å². The van der Waals surface area contributed by atoms with Crippen LogP contribution in [0, 0.1) is 5.92 Å². The van der Waals surface area contributed by atoms with Crippen LogP contribution in [0.1, 0.15) is 19.8 Å². The molecule has 1 aliphatic rings. The maximum atomic E-state index is 12.6. The number of rotatable bonds is 4. The van der Waals surface area contributed by atoms with E-state index in [1.807, 2.05) is 7.05 Å². The number of piperidine rings is 1. The Morgan fingerprint density at radius 2 is 2.30 bits per heavy atom. The highest BCUT2D eigenvalue weighted by Crippen LogP contribution is 2.37. The molecule has 4 nitrogen and oxygen atoms in total. The Hall–Kier alpha value is 0.340. The predicted octanol–water partition coefficient (Wildman–Crippen LogP) is 3.17. The van der Waals surface area contributed by atoms with Crippen LogP contribution in [-0.4, -0.2) is 38.9 Å². The molecule has 0 amide bonds. The Labute approximate surface area is 137 Å². The Balaban J connectivity index is 2.21. The Bertz CT molecular complexity index is 557. The zero-order valence-corrected chi connectivity index (χ0v) is 15.4. The first-order chi connectivity index (χ1) is 9.36. The number of thiophene rings is 1. The van der Waals surface area contributed by atoms with Crippen molar-refractivity contribution in [3.8, 4) is 0 Å². The van der Waals surface area contributed by atoms with Gasteiger partial charge in [0.25, 0.3) is 10.0 Å². The summed E-state index contributed by atoms with van der Waals surface area (Å²) in [6.07, 6.45) is 1.96. The van der Waals surface area contributed by atoms with E-state index in [1.165, 1.54) is 17.4 Å². The second-order valence-electron chi connectivity index (χ2n) is 5.03. The Kier molecular flexibility index (Phi) is 5.53. The molecule has 1 fully saturated rings. The third kappa shape index (κ3) is 3.39. The molecule has 0 saturated carbocycles. The maximum absolute atomic E-state index is 12.6. The summed E-state index contributed by atoms with van der Waals surface area (Å²) in [5.41, 5.74) is 0. The number of hydrogen-bond acceptors (Lipinski definition) is 4. The van der Waals surface area contributed by atoms with Crippen LogP contribution in [0.3, 0.4) is 0 Å². The molecule has 1 saturated heterocycles. The highest BCUT2D eigenvalue weighted by atomic mass is 79.9. The highest BCUT2D eigenvalue weighted by molar-refractivity contribution is 9.11. The molecule has 0 radical (unpaired) electrons. The molecule has 2 atom stereocenters. The van der Waals surface area contributed by atoms with Crippen LogP contribution in [0.4, 0.5) is 0 Å². The zero-order chi connectivity index (χ0) is 14.9. The minimum absolute atomic E-state index is 0.312. The van der Waals surface area contributed by atoms with Crippen LogP contribution < -0.4 is 5.32 Å². The summed E-state index contributed by atoms with van der Waals surface area (Å²) in [5, 5.41) is 3.66. The van der Waals surface area contributed by atoms with E-state index >= 15 is 0 Å². The van der Waals surface area contributed by atoms with Crippen molar-refractivity contribution in [1.82, 2.24) is 9.62 Å². The fourth-order valence-electron chi connectivity index (χ4n) is 2.42. The molecule has 1 N–H and O–H groups in total. The van der Waals surface area contributed by atoms with Crippen molar-refractivity contribution < 1.29 is 8.42 Å². The first-order valence-electron chi connectivity index (χ1n) is 6.48. The lowest BCUT2D eigenvalue weighted by molar-refractivity contribution is 0.229. The summed E-state index contributed by atoms with van der Waals surface area (Å²) in [7, 11) is -1.52. The average molecular weight is 402 g/mol. The summed E-state index contributed by atoms with van der Waals surface area (Å²) in [6.45, 7) is 3.25. The van der Waals surface area contributed by atoms with Gasteiger partial charge in [-0.15, -0.1) is 11.3 Å². The third-order valence-corrected chi connectivity index (χ3v) is 8.59. The van der Waals surface area contributed by atoms with E-state index in [0.29, 0.717) is 38.1 Å². The van der Waals surface area contributed by atoms with Crippen molar-refractivity contribution in [2.45, 2.75) is 30.0 Å². The van der Waals surface area contributed by atoms with E-state index < -0.39 is 10.0 Å². The van der Waals surface area contributed by atoms with Gasteiger partial charge in [0.05, 0.1) is 8.81 Å². The van der Waals surface area contributed by atoms with E-state index in [1.54, 1.807) is 4.31 Å². The lowest BCUT2D eigenvalue weighted by atomic mass is 9.93. The molecule has 1 aliphatic heterocycles. The summed E-state index contributed by atoms with van der Waals surface area (Å²) < 4.78 is 27.9. The van der Waals surface area contributed by atoms with Gasteiger partial charge in [0.15, 0.2) is 0 Å². The second kappa shape index (κ2) is 6.62. The first kappa shape index (κ1) is 16.7. The zero-order valence-electron chi connectivity index (χ0n) is 11.4. The molecule has 0 spiro atoms. The van der Waals surface area contributed by atoms with E-state index in [-0.39, 0.29) is 0 Å². The standard InChI is InChI=1S/C12H18BrClN2O2S2/c1-8(15-2)9-4-3-5-16(7-9)20(17,18)11-6-10(14)12(13)19-11/h6,8-9,15H,3-5,7H2,1-2H3. The van der Waals surface area contributed by atoms with Crippen LogP contribution in [0.25, 0.3) is 0 Å². The monoisotopic (exact) mass is 400 g/mol. The van der Waals surface area contributed by atoms with Gasteiger partial charge in [-0.3, -0.25) is 0 Å². The highest BCUT2D eigenvalue weighted by Gasteiger charge is 2.33. The number of halogens is 2. The van der Waals surface area contributed by atoms with Crippen molar-refractivity contribution in [1.29, 1.82) is 0 Å². The molecule has 8 heteroatoms. The van der Waals surface area contributed by atoms with Crippen molar-refractivity contribution in [3.63, 3.8) is 0 Å². The fourth-order valence-corrected chi connectivity index (χ4v) is 6.51. The van der Waals surface area contributed by atoms with Gasteiger partial charge in [-0.2, -0.15) is 4.31 Å². The van der Waals surface area contributed by atoms with Crippen LogP contribution in [0.2, 0.25) is 5.02 Å². The summed E-state index contributed by atoms with van der Waals surface area (Å²) in [4.78, 5) is 0. The molecular formula is C12H18BrClN2O2S2. The Morgan fingerprint density at radius 1 is 1.60 bits per heavy atom. The van der Waals surface area contributed by atoms with E-state index in [9.17, 15) is 8.42 Å². The summed E-state index contributed by atoms with van der Waals surface area (Å²) in [5.74, 6) is 0.349. The molecule has 1 aromatic heterocycles. The largest absolute Gasteiger partial charge is 0.317 e. The molecule has 0 aromatic carbocycles. The lowest BCUT2D eigenvalue weighted by Crippen LogP contribution is -2.45. The van der Waals surface area contributed by atoms with Crippen LogP contribution in [0.5, 0.6) is 0 Å². The molecular weight excluding hydrogens is 384 g/mol. The average Bonchev–Trinajstić information content (AvgIpc) is 2.78. The number of nitrogens with zero attached hydrogens (tertiary/aromatic N) is 1. The smallest absolute Gasteiger partial charge is 0.252 e. The minimum Gasteiger partial charge on any atom is -0.317 e. The summed E-state index contributed by atoms with van der Waals surface area (Å²) in [6, 6.07) is 1.84. The molecule has 0 bridgehead atoms. The van der Waals surface area contributed by atoms with Crippen LogP contribution in [0.15, 0.2) is 14.1 Å². The maximum Gasteiger partial charge on any atom is 0.252 e. The number of hydrogen-bond donors (Lipinski definition) is 1.